The van der Waals surface area contributed by atoms with Gasteiger partial charge >= 0.3 is 6.18 Å². The number of hydrogen-bond donors (Lipinski definition) is 1. The third-order valence-corrected chi connectivity index (χ3v) is 5.98. The molecule has 7 heteroatoms. The Bertz CT molecular complexity index is 671. The summed E-state index contributed by atoms with van der Waals surface area (Å²) < 4.78 is 39.9. The number of carbonyl (C=O) groups excluding carboxylic acids is 1. The molecule has 0 radical (unpaired) electrons. The first-order valence-electron chi connectivity index (χ1n) is 9.72. The molecule has 0 unspecified atom stereocenters. The van der Waals surface area contributed by atoms with Gasteiger partial charge in [-0.15, -0.1) is 0 Å². The molecule has 2 aliphatic rings. The fraction of sp³-hybridized carbons (Fsp3) is 0.650. The number of rotatable bonds is 4. The van der Waals surface area contributed by atoms with Crippen LogP contribution in [0.4, 0.5) is 18.9 Å². The molecule has 1 amide bonds. The molecule has 1 aromatic carbocycles. The summed E-state index contributed by atoms with van der Waals surface area (Å²) in [4.78, 5) is 17.0. The van der Waals surface area contributed by atoms with Crippen LogP contribution in [0.15, 0.2) is 18.2 Å². The van der Waals surface area contributed by atoms with Crippen LogP contribution in [0.1, 0.15) is 49.7 Å². The van der Waals surface area contributed by atoms with Gasteiger partial charge in [-0.3, -0.25) is 9.69 Å². The molecule has 150 valence electrons. The number of alkyl halides is 3. The molecule has 2 fully saturated rings. The van der Waals surface area contributed by atoms with E-state index < -0.39 is 11.7 Å². The number of nitrogens with two attached hydrogens (primary N) is 1. The van der Waals surface area contributed by atoms with Crippen molar-refractivity contribution < 1.29 is 18.0 Å². The number of carbonyl (C=O) groups is 1. The summed E-state index contributed by atoms with van der Waals surface area (Å²) in [6.07, 6.45) is 1.76. The van der Waals surface area contributed by atoms with E-state index in [9.17, 15) is 18.0 Å². The second kappa shape index (κ2) is 8.09. The van der Waals surface area contributed by atoms with Crippen LogP contribution >= 0.6 is 0 Å². The average Bonchev–Trinajstić information content (AvgIpc) is 3.16. The average molecular weight is 383 g/mol. The minimum atomic E-state index is -4.52. The SMILES string of the molecule is CN(C(=O)Cc1ccc(N)cc1C(F)(F)F)[C@H]1CCCC[C@@H]1N1CCCC1. The van der Waals surface area contributed by atoms with Crippen molar-refractivity contribution in [3.8, 4) is 0 Å². The Morgan fingerprint density at radius 2 is 1.85 bits per heavy atom. The molecule has 2 atom stereocenters. The van der Waals surface area contributed by atoms with Crippen molar-refractivity contribution >= 4 is 11.6 Å². The topological polar surface area (TPSA) is 49.6 Å². The van der Waals surface area contributed by atoms with Crippen molar-refractivity contribution in [2.45, 2.75) is 63.2 Å². The Hall–Kier alpha value is -1.76. The summed E-state index contributed by atoms with van der Waals surface area (Å²) in [5.74, 6) is -0.263. The van der Waals surface area contributed by atoms with Crippen molar-refractivity contribution in [2.24, 2.45) is 0 Å². The summed E-state index contributed by atoms with van der Waals surface area (Å²) in [7, 11) is 1.74. The largest absolute Gasteiger partial charge is 0.416 e. The molecule has 0 bridgehead atoms. The molecule has 1 aromatic rings. The number of benzene rings is 1. The van der Waals surface area contributed by atoms with Gasteiger partial charge in [-0.1, -0.05) is 18.9 Å². The highest BCUT2D eigenvalue weighted by atomic mass is 19.4. The zero-order valence-corrected chi connectivity index (χ0v) is 15.8. The summed E-state index contributed by atoms with van der Waals surface area (Å²) in [6.45, 7) is 2.11. The maximum atomic E-state index is 13.3. The van der Waals surface area contributed by atoms with Crippen molar-refractivity contribution in [1.29, 1.82) is 0 Å². The predicted octanol–water partition coefficient (Wildman–Crippen LogP) is 3.70. The van der Waals surface area contributed by atoms with E-state index in [0.717, 1.165) is 44.8 Å². The monoisotopic (exact) mass is 383 g/mol. The molecule has 1 saturated carbocycles. The summed E-state index contributed by atoms with van der Waals surface area (Å²) in [5.41, 5.74) is 4.74. The van der Waals surface area contributed by atoms with E-state index in [1.165, 1.54) is 25.0 Å². The van der Waals surface area contributed by atoms with Crippen LogP contribution < -0.4 is 5.73 Å². The van der Waals surface area contributed by atoms with Crippen LogP contribution in [0.3, 0.4) is 0 Å². The smallest absolute Gasteiger partial charge is 0.399 e. The molecule has 0 aromatic heterocycles. The number of hydrogen-bond acceptors (Lipinski definition) is 3. The molecule has 3 rings (SSSR count). The maximum absolute atomic E-state index is 13.3. The number of amides is 1. The number of likely N-dealkylation sites (tertiary alicyclic amines) is 1. The molecule has 1 aliphatic heterocycles. The van der Waals surface area contributed by atoms with Crippen molar-refractivity contribution in [1.82, 2.24) is 9.80 Å². The van der Waals surface area contributed by atoms with Crippen LogP contribution in [0, 0.1) is 0 Å². The number of likely N-dealkylation sites (N-methyl/N-ethyl adjacent to an activating group) is 1. The van der Waals surface area contributed by atoms with Crippen LogP contribution in [0.5, 0.6) is 0 Å². The second-order valence-corrected chi connectivity index (χ2v) is 7.76. The quantitative estimate of drug-likeness (QED) is 0.807. The molecule has 27 heavy (non-hydrogen) atoms. The van der Waals surface area contributed by atoms with Crippen LogP contribution in [-0.4, -0.2) is 47.9 Å². The molecular weight excluding hydrogens is 355 g/mol. The van der Waals surface area contributed by atoms with Crippen molar-refractivity contribution in [3.63, 3.8) is 0 Å². The fourth-order valence-electron chi connectivity index (χ4n) is 4.53. The summed E-state index contributed by atoms with van der Waals surface area (Å²) in [5, 5.41) is 0. The van der Waals surface area contributed by atoms with Gasteiger partial charge in [-0.05, 0) is 56.5 Å². The minimum absolute atomic E-state index is 0.0120. The highest BCUT2D eigenvalue weighted by Crippen LogP contribution is 2.34. The Balaban J connectivity index is 1.75. The van der Waals surface area contributed by atoms with Gasteiger partial charge in [-0.2, -0.15) is 13.2 Å². The van der Waals surface area contributed by atoms with Crippen LogP contribution in [-0.2, 0) is 17.4 Å². The van der Waals surface area contributed by atoms with Crippen LogP contribution in [0.25, 0.3) is 0 Å². The molecule has 1 aliphatic carbocycles. The number of anilines is 1. The molecule has 2 N–H and O–H groups in total. The molecule has 1 saturated heterocycles. The second-order valence-electron chi connectivity index (χ2n) is 7.76. The standard InChI is InChI=1S/C20H28F3N3O/c1-25(17-6-2-3-7-18(17)26-10-4-5-11-26)19(27)12-14-8-9-15(24)13-16(14)20(21,22)23/h8-9,13,17-18H,2-7,10-12,24H2,1H3/t17-,18-/m0/s1. The lowest BCUT2D eigenvalue weighted by Crippen LogP contribution is -2.53. The third-order valence-electron chi connectivity index (χ3n) is 5.98. The molecular formula is C20H28F3N3O. The van der Waals surface area contributed by atoms with Crippen LogP contribution in [0.2, 0.25) is 0 Å². The lowest BCUT2D eigenvalue weighted by atomic mass is 9.88. The van der Waals surface area contributed by atoms with Gasteiger partial charge in [0.15, 0.2) is 0 Å². The van der Waals surface area contributed by atoms with E-state index in [2.05, 4.69) is 4.90 Å². The molecule has 1 heterocycles. The number of halogens is 3. The lowest BCUT2D eigenvalue weighted by Gasteiger charge is -2.42. The summed E-state index contributed by atoms with van der Waals surface area (Å²) >= 11 is 0. The Kier molecular flexibility index (Phi) is 5.99. The predicted molar refractivity (Wildman–Crippen MR) is 99.2 cm³/mol. The number of nitrogen functional groups attached to an aromatic ring is 1. The highest BCUT2D eigenvalue weighted by molar-refractivity contribution is 5.79. The van der Waals surface area contributed by atoms with E-state index in [1.807, 2.05) is 0 Å². The van der Waals surface area contributed by atoms with Gasteiger partial charge < -0.3 is 10.6 Å². The Morgan fingerprint density at radius 3 is 2.52 bits per heavy atom. The fourth-order valence-corrected chi connectivity index (χ4v) is 4.53. The van der Waals surface area contributed by atoms with E-state index in [-0.39, 0.29) is 29.6 Å². The van der Waals surface area contributed by atoms with Gasteiger partial charge in [0.2, 0.25) is 5.91 Å². The van der Waals surface area contributed by atoms with Gasteiger partial charge in [-0.25, -0.2) is 0 Å². The Morgan fingerprint density at radius 1 is 1.19 bits per heavy atom. The normalized spacial score (nSPS) is 24.1. The first-order chi connectivity index (χ1) is 12.8. The number of nitrogens with zero attached hydrogens (tertiary/aromatic N) is 2. The minimum Gasteiger partial charge on any atom is -0.399 e. The summed E-state index contributed by atoms with van der Waals surface area (Å²) in [6, 6.07) is 4.06. The van der Waals surface area contributed by atoms with Gasteiger partial charge in [0.1, 0.15) is 0 Å². The van der Waals surface area contributed by atoms with E-state index >= 15 is 0 Å². The zero-order valence-electron chi connectivity index (χ0n) is 15.8. The molecule has 4 nitrogen and oxygen atoms in total. The first-order valence-corrected chi connectivity index (χ1v) is 9.72. The van der Waals surface area contributed by atoms with Gasteiger partial charge in [0, 0.05) is 24.8 Å². The highest BCUT2D eigenvalue weighted by Gasteiger charge is 2.37. The first kappa shape index (κ1) is 20.0. The van der Waals surface area contributed by atoms with E-state index in [1.54, 1.807) is 11.9 Å². The van der Waals surface area contributed by atoms with Crippen molar-refractivity contribution in [2.75, 3.05) is 25.9 Å². The van der Waals surface area contributed by atoms with Crippen molar-refractivity contribution in [3.05, 3.63) is 29.3 Å². The maximum Gasteiger partial charge on any atom is 0.416 e. The van der Waals surface area contributed by atoms with Gasteiger partial charge in [0.25, 0.3) is 0 Å². The lowest BCUT2D eigenvalue weighted by molar-refractivity contribution is -0.139. The van der Waals surface area contributed by atoms with E-state index in [0.29, 0.717) is 6.04 Å². The van der Waals surface area contributed by atoms with Gasteiger partial charge in [0.05, 0.1) is 12.0 Å². The molecule has 0 spiro atoms. The zero-order chi connectivity index (χ0) is 19.6. The third kappa shape index (κ3) is 4.57. The Labute approximate surface area is 158 Å². The van der Waals surface area contributed by atoms with E-state index in [4.69, 9.17) is 5.73 Å².